The second-order valence-electron chi connectivity index (χ2n) is 7.54. The first-order chi connectivity index (χ1) is 15.6. The third-order valence-electron chi connectivity index (χ3n) is 5.22. The number of nitro groups is 1. The molecule has 1 saturated heterocycles. The van der Waals surface area contributed by atoms with Crippen LogP contribution in [0, 0.1) is 10.1 Å². The number of rotatable bonds is 9. The van der Waals surface area contributed by atoms with Crippen LogP contribution in [-0.2, 0) is 6.54 Å². The van der Waals surface area contributed by atoms with Crippen LogP contribution in [0.1, 0.15) is 36.5 Å². The first kappa shape index (κ1) is 22.0. The largest absolute Gasteiger partial charge is 0.356 e. The highest BCUT2D eigenvalue weighted by atomic mass is 32.2. The minimum atomic E-state index is -0.515. The van der Waals surface area contributed by atoms with E-state index in [4.69, 9.17) is 9.97 Å². The molecule has 4 rings (SSSR count). The number of hydrogen-bond acceptors (Lipinski definition) is 8. The number of non-ortho nitro benzene ring substituents is 1. The number of amides is 1. The van der Waals surface area contributed by atoms with Gasteiger partial charge in [0.15, 0.2) is 10.8 Å². The molecule has 0 aliphatic carbocycles. The predicted octanol–water partition coefficient (Wildman–Crippen LogP) is 3.27. The molecule has 0 saturated carbocycles. The van der Waals surface area contributed by atoms with Gasteiger partial charge in [0, 0.05) is 43.1 Å². The van der Waals surface area contributed by atoms with E-state index in [-0.39, 0.29) is 17.2 Å². The molecule has 0 atom stereocenters. The van der Waals surface area contributed by atoms with Crippen molar-refractivity contribution in [3.05, 3.63) is 46.1 Å². The van der Waals surface area contributed by atoms with E-state index < -0.39 is 4.92 Å². The Bertz CT molecular complexity index is 1130. The summed E-state index contributed by atoms with van der Waals surface area (Å²) >= 11 is 1.64. The van der Waals surface area contributed by atoms with E-state index in [0.717, 1.165) is 60.1 Å². The van der Waals surface area contributed by atoms with E-state index in [9.17, 15) is 14.9 Å². The fourth-order valence-electron chi connectivity index (χ4n) is 3.65. The summed E-state index contributed by atoms with van der Waals surface area (Å²) in [5, 5.41) is 19.9. The van der Waals surface area contributed by atoms with Crippen molar-refractivity contribution in [2.24, 2.45) is 0 Å². The van der Waals surface area contributed by atoms with Crippen molar-refractivity contribution in [3.8, 4) is 0 Å². The summed E-state index contributed by atoms with van der Waals surface area (Å²) in [6.07, 6.45) is 5.13. The monoisotopic (exact) mass is 455 g/mol. The number of aromatic nitrogens is 4. The molecule has 3 aromatic rings. The molecule has 10 nitrogen and oxygen atoms in total. The van der Waals surface area contributed by atoms with E-state index in [1.165, 1.54) is 18.2 Å². The van der Waals surface area contributed by atoms with Crippen LogP contribution in [0.2, 0.25) is 0 Å². The van der Waals surface area contributed by atoms with Gasteiger partial charge in [-0.3, -0.25) is 14.9 Å². The highest BCUT2D eigenvalue weighted by Crippen LogP contribution is 2.29. The summed E-state index contributed by atoms with van der Waals surface area (Å²) < 4.78 is 1.78. The number of fused-ring (bicyclic) bond motifs is 1. The van der Waals surface area contributed by atoms with Gasteiger partial charge >= 0.3 is 0 Å². The Morgan fingerprint density at radius 1 is 1.28 bits per heavy atom. The van der Waals surface area contributed by atoms with Crippen LogP contribution in [0.5, 0.6) is 0 Å². The van der Waals surface area contributed by atoms with Crippen LogP contribution in [0.4, 0.5) is 11.5 Å². The van der Waals surface area contributed by atoms with E-state index >= 15 is 0 Å². The molecule has 0 bridgehead atoms. The first-order valence-corrected chi connectivity index (χ1v) is 11.7. The summed E-state index contributed by atoms with van der Waals surface area (Å²) in [6, 6.07) is 5.68. The van der Waals surface area contributed by atoms with Crippen LogP contribution in [0.15, 0.2) is 35.6 Å². The Balaban J connectivity index is 1.50. The van der Waals surface area contributed by atoms with Crippen molar-refractivity contribution >= 4 is 40.2 Å². The Morgan fingerprint density at radius 2 is 2.09 bits per heavy atom. The molecule has 11 heteroatoms. The zero-order valence-corrected chi connectivity index (χ0v) is 18.7. The Hall–Kier alpha value is -3.21. The van der Waals surface area contributed by atoms with Crippen LogP contribution in [-0.4, -0.2) is 56.0 Å². The van der Waals surface area contributed by atoms with E-state index in [2.05, 4.69) is 22.2 Å². The van der Waals surface area contributed by atoms with Crippen LogP contribution in [0.25, 0.3) is 11.0 Å². The number of nitrogens with zero attached hydrogens (tertiary/aromatic N) is 6. The van der Waals surface area contributed by atoms with Crippen molar-refractivity contribution in [3.63, 3.8) is 0 Å². The highest BCUT2D eigenvalue weighted by molar-refractivity contribution is 7.99. The standard InChI is InChI=1S/C21H25N7O3S/c1-2-12-32-21-24-18(26-9-3-4-10-26)17-14-23-27(19(17)25-21)11-8-22-20(29)15-6-5-7-16(13-15)28(30)31/h5-7,13-14H,2-4,8-12H2,1H3,(H,22,29). The molecule has 3 heterocycles. The minimum Gasteiger partial charge on any atom is -0.356 e. The average Bonchev–Trinajstić information content (AvgIpc) is 3.48. The summed E-state index contributed by atoms with van der Waals surface area (Å²) in [7, 11) is 0. The lowest BCUT2D eigenvalue weighted by atomic mass is 10.2. The molecule has 2 aromatic heterocycles. The maximum absolute atomic E-state index is 12.4. The number of carbonyl (C=O) groups is 1. The zero-order valence-electron chi connectivity index (χ0n) is 17.9. The van der Waals surface area contributed by atoms with Gasteiger partial charge in [0.05, 0.1) is 23.1 Å². The van der Waals surface area contributed by atoms with E-state index in [0.29, 0.717) is 13.1 Å². The lowest BCUT2D eigenvalue weighted by Crippen LogP contribution is -2.27. The maximum atomic E-state index is 12.4. The SMILES string of the molecule is CCCSc1nc(N2CCCC2)c2cnn(CCNC(=O)c3cccc([N+](=O)[O-])c3)c2n1. The molecule has 1 aliphatic heterocycles. The van der Waals surface area contributed by atoms with Crippen molar-refractivity contribution < 1.29 is 9.72 Å². The normalized spacial score (nSPS) is 13.6. The van der Waals surface area contributed by atoms with Crippen LogP contribution >= 0.6 is 11.8 Å². The zero-order chi connectivity index (χ0) is 22.5. The quantitative estimate of drug-likeness (QED) is 0.226. The fourth-order valence-corrected chi connectivity index (χ4v) is 4.34. The molecule has 0 radical (unpaired) electrons. The molecular weight excluding hydrogens is 430 g/mol. The molecular formula is C21H25N7O3S. The number of nitrogens with one attached hydrogen (secondary N) is 1. The lowest BCUT2D eigenvalue weighted by Gasteiger charge is -2.18. The number of carbonyl (C=O) groups excluding carboxylic acids is 1. The first-order valence-electron chi connectivity index (χ1n) is 10.7. The molecule has 0 spiro atoms. The van der Waals surface area contributed by atoms with Crippen molar-refractivity contribution in [1.29, 1.82) is 0 Å². The van der Waals surface area contributed by atoms with Crippen LogP contribution in [0.3, 0.4) is 0 Å². The Morgan fingerprint density at radius 3 is 2.84 bits per heavy atom. The topological polar surface area (TPSA) is 119 Å². The molecule has 1 aliphatic rings. The summed E-state index contributed by atoms with van der Waals surface area (Å²) in [4.78, 5) is 34.6. The molecule has 0 unspecified atom stereocenters. The summed E-state index contributed by atoms with van der Waals surface area (Å²) in [6.45, 7) is 4.83. The predicted molar refractivity (Wildman–Crippen MR) is 123 cm³/mol. The third-order valence-corrected chi connectivity index (χ3v) is 6.28. The van der Waals surface area contributed by atoms with Crippen molar-refractivity contribution in [2.75, 3.05) is 30.3 Å². The van der Waals surface area contributed by atoms with Gasteiger partial charge in [-0.05, 0) is 25.3 Å². The maximum Gasteiger partial charge on any atom is 0.270 e. The third kappa shape index (κ3) is 4.82. The second kappa shape index (κ2) is 9.94. The number of nitro benzene ring substituents is 1. The van der Waals surface area contributed by atoms with E-state index in [1.807, 2.05) is 0 Å². The molecule has 1 aromatic carbocycles. The number of anilines is 1. The molecule has 1 amide bonds. The highest BCUT2D eigenvalue weighted by Gasteiger charge is 2.21. The number of benzene rings is 1. The van der Waals surface area contributed by atoms with Crippen molar-refractivity contribution in [2.45, 2.75) is 37.9 Å². The fraction of sp³-hybridized carbons (Fsp3) is 0.429. The van der Waals surface area contributed by atoms with Gasteiger partial charge in [0.25, 0.3) is 11.6 Å². The van der Waals surface area contributed by atoms with Crippen molar-refractivity contribution in [1.82, 2.24) is 25.1 Å². The minimum absolute atomic E-state index is 0.112. The smallest absolute Gasteiger partial charge is 0.270 e. The molecule has 168 valence electrons. The Kier molecular flexibility index (Phi) is 6.84. The van der Waals surface area contributed by atoms with Gasteiger partial charge in [-0.15, -0.1) is 0 Å². The van der Waals surface area contributed by atoms with E-state index in [1.54, 1.807) is 28.7 Å². The summed E-state index contributed by atoms with van der Waals surface area (Å²) in [5.41, 5.74) is 0.894. The van der Waals surface area contributed by atoms with Gasteiger partial charge in [0.2, 0.25) is 0 Å². The van der Waals surface area contributed by atoms with Gasteiger partial charge < -0.3 is 10.2 Å². The molecule has 32 heavy (non-hydrogen) atoms. The van der Waals surface area contributed by atoms with Crippen LogP contribution < -0.4 is 10.2 Å². The van der Waals surface area contributed by atoms with Gasteiger partial charge in [-0.25, -0.2) is 14.6 Å². The number of hydrogen-bond donors (Lipinski definition) is 1. The second-order valence-corrected chi connectivity index (χ2v) is 8.60. The average molecular weight is 456 g/mol. The van der Waals surface area contributed by atoms with Gasteiger partial charge in [-0.2, -0.15) is 5.10 Å². The van der Waals surface area contributed by atoms with Gasteiger partial charge in [-0.1, -0.05) is 24.8 Å². The number of thioether (sulfide) groups is 1. The Labute approximate surface area is 189 Å². The molecule has 1 fully saturated rings. The molecule has 1 N–H and O–H groups in total. The summed E-state index contributed by atoms with van der Waals surface area (Å²) in [5.74, 6) is 1.51. The van der Waals surface area contributed by atoms with Gasteiger partial charge in [0.1, 0.15) is 5.82 Å². The lowest BCUT2D eigenvalue weighted by molar-refractivity contribution is -0.384.